The van der Waals surface area contributed by atoms with Crippen LogP contribution in [0.5, 0.6) is 0 Å². The molecule has 25 heavy (non-hydrogen) atoms. The molecule has 0 aliphatic carbocycles. The first kappa shape index (κ1) is 16.9. The SMILES string of the molecule is CN(c1nc(-c2ccncn2)cc(=O)n1C)[C@@H]1CCCN(C(=O)O)C1. The molecule has 3 rings (SSSR count). The molecule has 1 saturated heterocycles. The summed E-state index contributed by atoms with van der Waals surface area (Å²) in [5, 5.41) is 9.22. The van der Waals surface area contributed by atoms with Crippen LogP contribution in [0.15, 0.2) is 29.5 Å². The summed E-state index contributed by atoms with van der Waals surface area (Å²) in [5.74, 6) is 0.485. The van der Waals surface area contributed by atoms with Crippen molar-refractivity contribution in [1.82, 2.24) is 24.4 Å². The smallest absolute Gasteiger partial charge is 0.407 e. The molecule has 9 nitrogen and oxygen atoms in total. The van der Waals surface area contributed by atoms with Crippen LogP contribution in [0, 0.1) is 0 Å². The van der Waals surface area contributed by atoms with Gasteiger partial charge in [0.1, 0.15) is 6.33 Å². The fraction of sp³-hybridized carbons (Fsp3) is 0.438. The van der Waals surface area contributed by atoms with Crippen molar-refractivity contribution in [1.29, 1.82) is 0 Å². The summed E-state index contributed by atoms with van der Waals surface area (Å²) in [4.78, 5) is 39.5. The number of rotatable bonds is 3. The number of amides is 1. The van der Waals surface area contributed by atoms with Gasteiger partial charge in [-0.2, -0.15) is 0 Å². The maximum atomic E-state index is 12.3. The van der Waals surface area contributed by atoms with Gasteiger partial charge in [-0.05, 0) is 18.9 Å². The van der Waals surface area contributed by atoms with Gasteiger partial charge in [-0.25, -0.2) is 19.7 Å². The molecule has 1 amide bonds. The Bertz CT molecular complexity index is 822. The number of carbonyl (C=O) groups is 1. The normalized spacial score (nSPS) is 17.4. The highest BCUT2D eigenvalue weighted by Crippen LogP contribution is 2.21. The number of hydrogen-bond donors (Lipinski definition) is 1. The lowest BCUT2D eigenvalue weighted by Gasteiger charge is -2.37. The second-order valence-electron chi connectivity index (χ2n) is 6.07. The maximum Gasteiger partial charge on any atom is 0.407 e. The lowest BCUT2D eigenvalue weighted by Crippen LogP contribution is -2.49. The largest absolute Gasteiger partial charge is 0.465 e. The molecule has 0 radical (unpaired) electrons. The first-order valence-corrected chi connectivity index (χ1v) is 8.02. The Morgan fingerprint density at radius 1 is 1.40 bits per heavy atom. The minimum Gasteiger partial charge on any atom is -0.465 e. The van der Waals surface area contributed by atoms with E-state index in [1.54, 1.807) is 19.3 Å². The average molecular weight is 344 g/mol. The molecule has 1 aliphatic heterocycles. The van der Waals surface area contributed by atoms with E-state index in [0.717, 1.165) is 12.8 Å². The fourth-order valence-corrected chi connectivity index (χ4v) is 3.02. The van der Waals surface area contributed by atoms with Crippen LogP contribution in [-0.2, 0) is 7.05 Å². The number of nitrogens with zero attached hydrogens (tertiary/aromatic N) is 6. The molecule has 0 aromatic carbocycles. The van der Waals surface area contributed by atoms with Gasteiger partial charge in [0.25, 0.3) is 5.56 Å². The van der Waals surface area contributed by atoms with Gasteiger partial charge in [0.2, 0.25) is 5.95 Å². The van der Waals surface area contributed by atoms with E-state index in [1.165, 1.54) is 21.9 Å². The molecule has 1 N–H and O–H groups in total. The van der Waals surface area contributed by atoms with E-state index >= 15 is 0 Å². The third-order valence-corrected chi connectivity index (χ3v) is 4.49. The molecule has 2 aromatic heterocycles. The summed E-state index contributed by atoms with van der Waals surface area (Å²) in [6, 6.07) is 3.09. The maximum absolute atomic E-state index is 12.3. The Balaban J connectivity index is 1.94. The van der Waals surface area contributed by atoms with Gasteiger partial charge >= 0.3 is 6.09 Å². The Hall–Kier alpha value is -2.97. The van der Waals surface area contributed by atoms with Crippen LogP contribution < -0.4 is 10.5 Å². The predicted molar refractivity (Wildman–Crippen MR) is 91.5 cm³/mol. The summed E-state index contributed by atoms with van der Waals surface area (Å²) >= 11 is 0. The standard InChI is InChI=1S/C16H20N6O3/c1-20(11-4-3-7-22(9-11)16(24)25)15-19-13(8-14(23)21(15)2)12-5-6-17-10-18-12/h5-6,8,10-11H,3-4,7,9H2,1-2H3,(H,24,25)/t11-/m1/s1. The number of anilines is 1. The van der Waals surface area contributed by atoms with E-state index in [2.05, 4.69) is 15.0 Å². The van der Waals surface area contributed by atoms with Gasteiger partial charge in [0.15, 0.2) is 0 Å². The van der Waals surface area contributed by atoms with Crippen LogP contribution in [0.2, 0.25) is 0 Å². The lowest BCUT2D eigenvalue weighted by atomic mass is 10.1. The van der Waals surface area contributed by atoms with Crippen LogP contribution >= 0.6 is 0 Å². The highest BCUT2D eigenvalue weighted by Gasteiger charge is 2.28. The summed E-state index contributed by atoms with van der Waals surface area (Å²) in [5.41, 5.74) is 0.841. The van der Waals surface area contributed by atoms with E-state index in [-0.39, 0.29) is 11.6 Å². The van der Waals surface area contributed by atoms with E-state index in [1.807, 2.05) is 11.9 Å². The zero-order valence-corrected chi connectivity index (χ0v) is 14.2. The molecule has 9 heteroatoms. The topological polar surface area (TPSA) is 104 Å². The minimum absolute atomic E-state index is 0.0383. The molecule has 0 saturated carbocycles. The molecule has 1 aliphatic rings. The van der Waals surface area contributed by atoms with Crippen molar-refractivity contribution in [2.45, 2.75) is 18.9 Å². The van der Waals surface area contributed by atoms with Crippen molar-refractivity contribution in [3.63, 3.8) is 0 Å². The Morgan fingerprint density at radius 2 is 2.20 bits per heavy atom. The van der Waals surface area contributed by atoms with E-state index in [4.69, 9.17) is 0 Å². The second-order valence-corrected chi connectivity index (χ2v) is 6.07. The summed E-state index contributed by atoms with van der Waals surface area (Å²) < 4.78 is 1.46. The van der Waals surface area contributed by atoms with Crippen molar-refractivity contribution in [3.05, 3.63) is 35.0 Å². The average Bonchev–Trinajstić information content (AvgIpc) is 2.64. The van der Waals surface area contributed by atoms with Crippen LogP contribution in [0.25, 0.3) is 11.4 Å². The third-order valence-electron chi connectivity index (χ3n) is 4.49. The van der Waals surface area contributed by atoms with Crippen molar-refractivity contribution < 1.29 is 9.90 Å². The number of piperidine rings is 1. The first-order valence-electron chi connectivity index (χ1n) is 8.02. The molecule has 2 aromatic rings. The van der Waals surface area contributed by atoms with Crippen molar-refractivity contribution in [2.75, 3.05) is 25.0 Å². The number of likely N-dealkylation sites (N-methyl/N-ethyl adjacent to an activating group) is 1. The van der Waals surface area contributed by atoms with E-state index in [9.17, 15) is 14.7 Å². The predicted octanol–water partition coefficient (Wildman–Crippen LogP) is 0.816. The van der Waals surface area contributed by atoms with Crippen LogP contribution in [0.3, 0.4) is 0 Å². The van der Waals surface area contributed by atoms with Gasteiger partial charge < -0.3 is 14.9 Å². The monoisotopic (exact) mass is 344 g/mol. The van der Waals surface area contributed by atoms with Crippen LogP contribution in [0.4, 0.5) is 10.7 Å². The number of likely N-dealkylation sites (tertiary alicyclic amines) is 1. The van der Waals surface area contributed by atoms with Crippen molar-refractivity contribution in [3.8, 4) is 11.4 Å². The molecule has 3 heterocycles. The fourth-order valence-electron chi connectivity index (χ4n) is 3.02. The van der Waals surface area contributed by atoms with Gasteiger partial charge in [0.05, 0.1) is 11.4 Å². The van der Waals surface area contributed by atoms with Crippen LogP contribution in [-0.4, -0.2) is 61.8 Å². The van der Waals surface area contributed by atoms with Gasteiger partial charge in [-0.15, -0.1) is 0 Å². The molecule has 0 unspecified atom stereocenters. The van der Waals surface area contributed by atoms with Gasteiger partial charge in [-0.3, -0.25) is 9.36 Å². The Kier molecular flexibility index (Phi) is 4.64. The molecule has 132 valence electrons. The summed E-state index contributed by atoms with van der Waals surface area (Å²) in [6.45, 7) is 0.923. The Morgan fingerprint density at radius 3 is 2.88 bits per heavy atom. The molecule has 1 atom stereocenters. The zero-order valence-electron chi connectivity index (χ0n) is 14.2. The third kappa shape index (κ3) is 3.44. The molecular formula is C16H20N6O3. The van der Waals surface area contributed by atoms with Gasteiger partial charge in [0, 0.05) is 45.5 Å². The van der Waals surface area contributed by atoms with E-state index in [0.29, 0.717) is 30.4 Å². The van der Waals surface area contributed by atoms with E-state index < -0.39 is 6.09 Å². The zero-order chi connectivity index (χ0) is 18.0. The molecule has 1 fully saturated rings. The number of aromatic nitrogens is 4. The van der Waals surface area contributed by atoms with Crippen molar-refractivity contribution in [2.24, 2.45) is 7.05 Å². The molecule has 0 bridgehead atoms. The Labute approximate surface area is 144 Å². The quantitative estimate of drug-likeness (QED) is 0.879. The highest BCUT2D eigenvalue weighted by molar-refractivity contribution is 5.65. The van der Waals surface area contributed by atoms with Crippen LogP contribution in [0.1, 0.15) is 12.8 Å². The number of carboxylic acid groups (broad SMARTS) is 1. The number of hydrogen-bond acceptors (Lipinski definition) is 6. The summed E-state index contributed by atoms with van der Waals surface area (Å²) in [7, 11) is 3.49. The summed E-state index contributed by atoms with van der Waals surface area (Å²) in [6.07, 6.45) is 3.70. The molecular weight excluding hydrogens is 324 g/mol. The lowest BCUT2D eigenvalue weighted by molar-refractivity contribution is 0.130. The molecule has 0 spiro atoms. The first-order chi connectivity index (χ1) is 12.0. The van der Waals surface area contributed by atoms with Crippen molar-refractivity contribution >= 4 is 12.0 Å². The van der Waals surface area contributed by atoms with Gasteiger partial charge in [-0.1, -0.05) is 0 Å². The second kappa shape index (κ2) is 6.88. The minimum atomic E-state index is -0.922. The highest BCUT2D eigenvalue weighted by atomic mass is 16.4.